The van der Waals surface area contributed by atoms with E-state index in [9.17, 15) is 9.18 Å². The van der Waals surface area contributed by atoms with E-state index in [1.54, 1.807) is 18.5 Å². The van der Waals surface area contributed by atoms with E-state index in [-0.39, 0.29) is 23.3 Å². The number of nitrogens with zero attached hydrogens (tertiary/aromatic N) is 3. The molecular formula is C26H18FN3O. The van der Waals surface area contributed by atoms with Crippen LogP contribution in [0, 0.1) is 5.82 Å². The first-order valence-corrected chi connectivity index (χ1v) is 10.3. The summed E-state index contributed by atoms with van der Waals surface area (Å²) in [4.78, 5) is 22.3. The Labute approximate surface area is 177 Å². The van der Waals surface area contributed by atoms with E-state index >= 15 is 0 Å². The number of rotatable bonds is 3. The maximum absolute atomic E-state index is 13.5. The molecule has 31 heavy (non-hydrogen) atoms. The molecule has 0 bridgehead atoms. The average Bonchev–Trinajstić information content (AvgIpc) is 3.60. The normalized spacial score (nSPS) is 17.8. The van der Waals surface area contributed by atoms with Crippen LogP contribution in [-0.4, -0.2) is 14.5 Å². The van der Waals surface area contributed by atoms with Crippen molar-refractivity contribution in [3.63, 3.8) is 0 Å². The van der Waals surface area contributed by atoms with Crippen LogP contribution in [0.25, 0.3) is 32.8 Å². The van der Waals surface area contributed by atoms with E-state index in [0.717, 1.165) is 44.9 Å². The largest absolute Gasteiger partial charge is 0.311 e. The van der Waals surface area contributed by atoms with E-state index in [0.29, 0.717) is 0 Å². The third-order valence-corrected chi connectivity index (χ3v) is 6.12. The summed E-state index contributed by atoms with van der Waals surface area (Å²) in [6, 6.07) is 20.3. The zero-order valence-corrected chi connectivity index (χ0v) is 16.6. The molecule has 3 aromatic heterocycles. The zero-order chi connectivity index (χ0) is 20.9. The Kier molecular flexibility index (Phi) is 3.96. The predicted molar refractivity (Wildman–Crippen MR) is 120 cm³/mol. The van der Waals surface area contributed by atoms with Gasteiger partial charge in [0.2, 0.25) is 0 Å². The Balaban J connectivity index is 1.41. The number of halogens is 1. The third kappa shape index (κ3) is 3.01. The van der Waals surface area contributed by atoms with Crippen molar-refractivity contribution in [1.29, 1.82) is 0 Å². The molecule has 150 valence electrons. The predicted octanol–water partition coefficient (Wildman–Crippen LogP) is 5.48. The maximum Gasteiger partial charge on any atom is 0.259 e. The fourth-order valence-electron chi connectivity index (χ4n) is 4.46. The molecule has 0 spiro atoms. The van der Waals surface area contributed by atoms with Crippen LogP contribution in [0.5, 0.6) is 0 Å². The van der Waals surface area contributed by atoms with Gasteiger partial charge in [-0.1, -0.05) is 24.3 Å². The van der Waals surface area contributed by atoms with Crippen molar-refractivity contribution in [2.24, 2.45) is 0 Å². The number of benzene rings is 2. The second-order valence-corrected chi connectivity index (χ2v) is 8.02. The van der Waals surface area contributed by atoms with Gasteiger partial charge in [0.25, 0.3) is 5.56 Å². The van der Waals surface area contributed by atoms with E-state index in [4.69, 9.17) is 4.98 Å². The summed E-state index contributed by atoms with van der Waals surface area (Å²) in [5.74, 6) is -0.0863. The molecule has 0 saturated heterocycles. The Morgan fingerprint density at radius 3 is 2.68 bits per heavy atom. The van der Waals surface area contributed by atoms with Gasteiger partial charge in [-0.05, 0) is 65.4 Å². The lowest BCUT2D eigenvalue weighted by Crippen LogP contribution is -2.19. The van der Waals surface area contributed by atoms with Gasteiger partial charge in [0, 0.05) is 41.6 Å². The van der Waals surface area contributed by atoms with Crippen LogP contribution in [0.1, 0.15) is 24.1 Å². The minimum absolute atomic E-state index is 0.0141. The summed E-state index contributed by atoms with van der Waals surface area (Å²) in [5.41, 5.74) is 3.63. The van der Waals surface area contributed by atoms with Gasteiger partial charge in [0.1, 0.15) is 5.82 Å². The number of hydrogen-bond acceptors (Lipinski definition) is 3. The van der Waals surface area contributed by atoms with Crippen LogP contribution in [-0.2, 0) is 0 Å². The van der Waals surface area contributed by atoms with E-state index < -0.39 is 0 Å². The molecule has 1 fully saturated rings. The van der Waals surface area contributed by atoms with Crippen molar-refractivity contribution in [3.8, 4) is 11.1 Å². The fraction of sp³-hybridized carbons (Fsp3) is 0.115. The smallest absolute Gasteiger partial charge is 0.259 e. The van der Waals surface area contributed by atoms with Gasteiger partial charge in [-0.15, -0.1) is 0 Å². The van der Waals surface area contributed by atoms with Crippen LogP contribution in [0.15, 0.2) is 90.1 Å². The molecule has 5 aromatic rings. The van der Waals surface area contributed by atoms with E-state index in [2.05, 4.69) is 4.98 Å². The molecular weight excluding hydrogens is 389 g/mol. The van der Waals surface area contributed by atoms with Crippen molar-refractivity contribution in [1.82, 2.24) is 14.5 Å². The summed E-state index contributed by atoms with van der Waals surface area (Å²) in [6.45, 7) is 0. The van der Waals surface area contributed by atoms with Crippen LogP contribution < -0.4 is 5.56 Å². The highest BCUT2D eigenvalue weighted by Gasteiger charge is 2.41. The highest BCUT2D eigenvalue weighted by Crippen LogP contribution is 2.50. The van der Waals surface area contributed by atoms with Crippen LogP contribution in [0.4, 0.5) is 4.39 Å². The van der Waals surface area contributed by atoms with Crippen LogP contribution in [0.2, 0.25) is 0 Å². The lowest BCUT2D eigenvalue weighted by atomic mass is 10.0. The first-order chi connectivity index (χ1) is 15.2. The molecule has 0 aliphatic heterocycles. The van der Waals surface area contributed by atoms with E-state index in [1.165, 1.54) is 12.1 Å². The van der Waals surface area contributed by atoms with Gasteiger partial charge in [0.15, 0.2) is 0 Å². The van der Waals surface area contributed by atoms with Crippen molar-refractivity contribution in [2.45, 2.75) is 18.4 Å². The maximum atomic E-state index is 13.5. The molecule has 1 saturated carbocycles. The zero-order valence-electron chi connectivity index (χ0n) is 16.6. The second-order valence-electron chi connectivity index (χ2n) is 8.02. The molecule has 1 aliphatic rings. The molecule has 6 rings (SSSR count). The minimum atomic E-state index is -0.265. The van der Waals surface area contributed by atoms with Gasteiger partial charge in [0.05, 0.1) is 10.9 Å². The second kappa shape index (κ2) is 6.84. The Hall–Kier alpha value is -3.86. The Morgan fingerprint density at radius 2 is 1.81 bits per heavy atom. The molecule has 3 heterocycles. The fourth-order valence-corrected chi connectivity index (χ4v) is 4.46. The molecule has 0 N–H and O–H groups in total. The Bertz CT molecular complexity index is 1510. The summed E-state index contributed by atoms with van der Waals surface area (Å²) in [5, 5.41) is 2.44. The summed E-state index contributed by atoms with van der Waals surface area (Å²) < 4.78 is 15.3. The first kappa shape index (κ1) is 18.0. The standard InChI is InChI=1S/C26H18FN3O/c27-19-5-7-22-18(14-19)4-6-23(29-22)21-15-24(21)30-13-10-17-2-1-3-20(25(17)26(30)31)16-8-11-28-12-9-16/h1-14,21,24H,15H2. The molecule has 2 atom stereocenters. The first-order valence-electron chi connectivity index (χ1n) is 10.3. The number of pyridine rings is 3. The molecule has 2 aromatic carbocycles. The molecule has 4 nitrogen and oxygen atoms in total. The van der Waals surface area contributed by atoms with Crippen LogP contribution in [0.3, 0.4) is 0 Å². The van der Waals surface area contributed by atoms with Crippen molar-refractivity contribution in [2.75, 3.05) is 0 Å². The molecule has 0 radical (unpaired) electrons. The highest BCUT2D eigenvalue weighted by molar-refractivity contribution is 5.95. The molecule has 5 heteroatoms. The third-order valence-electron chi connectivity index (χ3n) is 6.12. The van der Waals surface area contributed by atoms with Crippen LogP contribution >= 0.6 is 0 Å². The number of fused-ring (bicyclic) bond motifs is 2. The number of hydrogen-bond donors (Lipinski definition) is 0. The average molecular weight is 407 g/mol. The van der Waals surface area contributed by atoms with Crippen molar-refractivity contribution >= 4 is 21.7 Å². The minimum Gasteiger partial charge on any atom is -0.311 e. The SMILES string of the molecule is O=c1c2c(-c3ccncc3)cccc2ccn1C1CC1c1ccc2cc(F)ccc2n1. The molecule has 1 aliphatic carbocycles. The molecule has 2 unspecified atom stereocenters. The van der Waals surface area contributed by atoms with Crippen molar-refractivity contribution < 1.29 is 4.39 Å². The lowest BCUT2D eigenvalue weighted by molar-refractivity contribution is 0.629. The number of aromatic nitrogens is 3. The van der Waals surface area contributed by atoms with E-state index in [1.807, 2.05) is 59.3 Å². The topological polar surface area (TPSA) is 47.8 Å². The van der Waals surface area contributed by atoms with Crippen molar-refractivity contribution in [3.05, 3.63) is 107 Å². The summed E-state index contributed by atoms with van der Waals surface area (Å²) in [6.07, 6.45) is 6.23. The summed E-state index contributed by atoms with van der Waals surface area (Å²) in [7, 11) is 0. The quantitative estimate of drug-likeness (QED) is 0.398. The molecule has 0 amide bonds. The summed E-state index contributed by atoms with van der Waals surface area (Å²) >= 11 is 0. The van der Waals surface area contributed by atoms with Gasteiger partial charge in [-0.2, -0.15) is 0 Å². The highest BCUT2D eigenvalue weighted by atomic mass is 19.1. The van der Waals surface area contributed by atoms with Gasteiger partial charge < -0.3 is 4.57 Å². The Morgan fingerprint density at radius 1 is 0.935 bits per heavy atom. The monoisotopic (exact) mass is 407 g/mol. The van der Waals surface area contributed by atoms with Gasteiger partial charge in [-0.3, -0.25) is 14.8 Å². The lowest BCUT2D eigenvalue weighted by Gasteiger charge is -2.11. The van der Waals surface area contributed by atoms with Gasteiger partial charge >= 0.3 is 0 Å². The van der Waals surface area contributed by atoms with Gasteiger partial charge in [-0.25, -0.2) is 4.39 Å².